The molecule has 1 aliphatic heterocycles. The van der Waals surface area contributed by atoms with Gasteiger partial charge in [0.1, 0.15) is 12.2 Å². The normalized spacial score (nSPS) is 21.9. The van der Waals surface area contributed by atoms with E-state index in [0.717, 1.165) is 45.0 Å². The molecule has 0 aromatic carbocycles. The van der Waals surface area contributed by atoms with Crippen LogP contribution in [0.25, 0.3) is 0 Å². The predicted molar refractivity (Wildman–Crippen MR) is 83.0 cm³/mol. The lowest BCUT2D eigenvalue weighted by molar-refractivity contribution is -0.0404. The first kappa shape index (κ1) is 16.4. The summed E-state index contributed by atoms with van der Waals surface area (Å²) in [5.74, 6) is 1.51. The average Bonchev–Trinajstić information content (AvgIpc) is 2.86. The number of nitrogens with zero attached hydrogens (tertiary/aromatic N) is 4. The minimum atomic E-state index is -0.0280. The number of rotatable bonds is 7. The van der Waals surface area contributed by atoms with Gasteiger partial charge < -0.3 is 10.5 Å². The van der Waals surface area contributed by atoms with Crippen LogP contribution in [0, 0.1) is 5.92 Å². The molecule has 2 unspecified atom stereocenters. The molecule has 1 aromatic heterocycles. The van der Waals surface area contributed by atoms with Gasteiger partial charge in [-0.15, -0.1) is 0 Å². The Morgan fingerprint density at radius 3 is 3.00 bits per heavy atom. The lowest BCUT2D eigenvalue weighted by atomic mass is 10.1. The standard InChI is InChI=1S/C15H29N5O/c1-4-5-19-6-7-21-14(10-19)13(16)8-15-17-11-18-20(15)9-12(2)3/h11-14H,4-10,16H2,1-3H3. The number of hydrogen-bond donors (Lipinski definition) is 1. The predicted octanol–water partition coefficient (Wildman–Crippen LogP) is 0.915. The summed E-state index contributed by atoms with van der Waals surface area (Å²) in [6.45, 7) is 11.3. The first-order valence-corrected chi connectivity index (χ1v) is 8.06. The Balaban J connectivity index is 1.91. The second kappa shape index (κ2) is 7.87. The number of morpholine rings is 1. The van der Waals surface area contributed by atoms with E-state index in [1.54, 1.807) is 6.33 Å². The topological polar surface area (TPSA) is 69.2 Å². The zero-order valence-electron chi connectivity index (χ0n) is 13.5. The summed E-state index contributed by atoms with van der Waals surface area (Å²) in [4.78, 5) is 6.80. The highest BCUT2D eigenvalue weighted by Gasteiger charge is 2.26. The van der Waals surface area contributed by atoms with Gasteiger partial charge in [-0.1, -0.05) is 20.8 Å². The summed E-state index contributed by atoms with van der Waals surface area (Å²) < 4.78 is 7.83. The minimum Gasteiger partial charge on any atom is -0.374 e. The van der Waals surface area contributed by atoms with E-state index in [4.69, 9.17) is 10.5 Å². The van der Waals surface area contributed by atoms with Crippen molar-refractivity contribution in [3.8, 4) is 0 Å². The largest absolute Gasteiger partial charge is 0.374 e. The number of aromatic nitrogens is 3. The van der Waals surface area contributed by atoms with Crippen molar-refractivity contribution in [2.75, 3.05) is 26.2 Å². The van der Waals surface area contributed by atoms with E-state index in [1.807, 2.05) is 4.68 Å². The van der Waals surface area contributed by atoms with Crippen LogP contribution in [0.2, 0.25) is 0 Å². The van der Waals surface area contributed by atoms with Gasteiger partial charge in [-0.25, -0.2) is 9.67 Å². The monoisotopic (exact) mass is 295 g/mol. The summed E-state index contributed by atoms with van der Waals surface area (Å²) in [7, 11) is 0. The maximum atomic E-state index is 6.36. The SMILES string of the molecule is CCCN1CCOC(C(N)Cc2ncnn2CC(C)C)C1. The minimum absolute atomic E-state index is 0.0280. The van der Waals surface area contributed by atoms with Gasteiger partial charge in [-0.3, -0.25) is 4.90 Å². The Kier molecular flexibility index (Phi) is 6.14. The highest BCUT2D eigenvalue weighted by atomic mass is 16.5. The molecule has 21 heavy (non-hydrogen) atoms. The quantitative estimate of drug-likeness (QED) is 0.810. The van der Waals surface area contributed by atoms with E-state index < -0.39 is 0 Å². The van der Waals surface area contributed by atoms with Crippen LogP contribution in [0.4, 0.5) is 0 Å². The molecule has 6 nitrogen and oxygen atoms in total. The molecule has 1 aromatic rings. The number of nitrogens with two attached hydrogens (primary N) is 1. The highest BCUT2D eigenvalue weighted by molar-refractivity contribution is 4.93. The van der Waals surface area contributed by atoms with Gasteiger partial charge in [0.15, 0.2) is 0 Å². The lowest BCUT2D eigenvalue weighted by Crippen LogP contribution is -2.51. The third kappa shape index (κ3) is 4.76. The van der Waals surface area contributed by atoms with Crippen molar-refractivity contribution >= 4 is 0 Å². The van der Waals surface area contributed by atoms with Gasteiger partial charge in [0.2, 0.25) is 0 Å². The molecule has 0 amide bonds. The van der Waals surface area contributed by atoms with Crippen molar-refractivity contribution in [2.45, 2.75) is 52.3 Å². The first-order valence-electron chi connectivity index (χ1n) is 8.06. The first-order chi connectivity index (χ1) is 10.1. The summed E-state index contributed by atoms with van der Waals surface area (Å²) >= 11 is 0. The van der Waals surface area contributed by atoms with Crippen LogP contribution in [0.1, 0.15) is 33.0 Å². The van der Waals surface area contributed by atoms with Gasteiger partial charge in [0.05, 0.1) is 12.7 Å². The third-order valence-corrected chi connectivity index (χ3v) is 3.85. The maximum Gasteiger partial charge on any atom is 0.138 e. The van der Waals surface area contributed by atoms with E-state index >= 15 is 0 Å². The Hall–Kier alpha value is -0.980. The highest BCUT2D eigenvalue weighted by Crippen LogP contribution is 2.12. The number of ether oxygens (including phenoxy) is 1. The zero-order valence-corrected chi connectivity index (χ0v) is 13.5. The molecular formula is C15H29N5O. The fourth-order valence-electron chi connectivity index (χ4n) is 2.80. The van der Waals surface area contributed by atoms with Crippen LogP contribution < -0.4 is 5.73 Å². The number of hydrogen-bond acceptors (Lipinski definition) is 5. The van der Waals surface area contributed by atoms with Crippen molar-refractivity contribution in [3.05, 3.63) is 12.2 Å². The fraction of sp³-hybridized carbons (Fsp3) is 0.867. The fourth-order valence-corrected chi connectivity index (χ4v) is 2.80. The molecule has 0 aliphatic carbocycles. The Bertz CT molecular complexity index is 418. The van der Waals surface area contributed by atoms with Gasteiger partial charge in [-0.05, 0) is 18.9 Å². The van der Waals surface area contributed by atoms with Crippen LogP contribution in [0.3, 0.4) is 0 Å². The van der Waals surface area contributed by atoms with Gasteiger partial charge in [0, 0.05) is 32.1 Å². The maximum absolute atomic E-state index is 6.36. The summed E-state index contributed by atoms with van der Waals surface area (Å²) in [5.41, 5.74) is 6.36. The van der Waals surface area contributed by atoms with Gasteiger partial charge in [-0.2, -0.15) is 5.10 Å². The molecule has 0 saturated carbocycles. The molecule has 1 fully saturated rings. The summed E-state index contributed by atoms with van der Waals surface area (Å²) in [6.07, 6.45) is 3.60. The lowest BCUT2D eigenvalue weighted by Gasteiger charge is -2.35. The molecule has 0 radical (unpaired) electrons. The van der Waals surface area contributed by atoms with E-state index in [0.29, 0.717) is 5.92 Å². The third-order valence-electron chi connectivity index (χ3n) is 3.85. The molecule has 6 heteroatoms. The van der Waals surface area contributed by atoms with Crippen LogP contribution in [-0.4, -0.2) is 58.1 Å². The molecular weight excluding hydrogens is 266 g/mol. The molecule has 2 heterocycles. The van der Waals surface area contributed by atoms with Crippen molar-refractivity contribution in [1.82, 2.24) is 19.7 Å². The van der Waals surface area contributed by atoms with E-state index in [9.17, 15) is 0 Å². The molecule has 2 atom stereocenters. The second-order valence-electron chi connectivity index (χ2n) is 6.33. The molecule has 2 rings (SSSR count). The van der Waals surface area contributed by atoms with Crippen molar-refractivity contribution in [1.29, 1.82) is 0 Å². The molecule has 2 N–H and O–H groups in total. The van der Waals surface area contributed by atoms with E-state index in [1.165, 1.54) is 6.42 Å². The molecule has 1 saturated heterocycles. The summed E-state index contributed by atoms with van der Waals surface area (Å²) in [5, 5.41) is 4.30. The van der Waals surface area contributed by atoms with Gasteiger partial charge >= 0.3 is 0 Å². The molecule has 1 aliphatic rings. The van der Waals surface area contributed by atoms with Crippen molar-refractivity contribution < 1.29 is 4.74 Å². The average molecular weight is 295 g/mol. The zero-order chi connectivity index (χ0) is 15.2. The van der Waals surface area contributed by atoms with Crippen molar-refractivity contribution in [3.63, 3.8) is 0 Å². The van der Waals surface area contributed by atoms with E-state index in [2.05, 4.69) is 35.8 Å². The second-order valence-corrected chi connectivity index (χ2v) is 6.33. The van der Waals surface area contributed by atoms with Crippen LogP contribution in [0.5, 0.6) is 0 Å². The molecule has 0 bridgehead atoms. The Morgan fingerprint density at radius 2 is 2.29 bits per heavy atom. The smallest absolute Gasteiger partial charge is 0.138 e. The van der Waals surface area contributed by atoms with E-state index in [-0.39, 0.29) is 12.1 Å². The summed E-state index contributed by atoms with van der Waals surface area (Å²) in [6, 6.07) is -0.0280. The van der Waals surface area contributed by atoms with Crippen LogP contribution >= 0.6 is 0 Å². The molecule has 120 valence electrons. The molecule has 0 spiro atoms. The van der Waals surface area contributed by atoms with Crippen LogP contribution in [0.15, 0.2) is 6.33 Å². The Morgan fingerprint density at radius 1 is 1.48 bits per heavy atom. The van der Waals surface area contributed by atoms with Crippen LogP contribution in [-0.2, 0) is 17.7 Å². The Labute approximate surface area is 127 Å². The van der Waals surface area contributed by atoms with Gasteiger partial charge in [0.25, 0.3) is 0 Å². The van der Waals surface area contributed by atoms with Crippen molar-refractivity contribution in [2.24, 2.45) is 11.7 Å².